The Balaban J connectivity index is 1.32. The Bertz CT molecular complexity index is 1360. The molecule has 2 fully saturated rings. The molecule has 8 nitrogen and oxygen atoms in total. The average Bonchev–Trinajstić information content (AvgIpc) is 3.42. The number of anilines is 1. The van der Waals surface area contributed by atoms with Crippen molar-refractivity contribution in [2.24, 2.45) is 5.92 Å². The van der Waals surface area contributed by atoms with E-state index in [1.807, 2.05) is 32.0 Å². The highest BCUT2D eigenvalue weighted by Gasteiger charge is 2.35. The molecular weight excluding hydrogens is 484 g/mol. The number of thiophene rings is 1. The molecule has 186 valence electrons. The Hall–Kier alpha value is -2.56. The summed E-state index contributed by atoms with van der Waals surface area (Å²) < 4.78 is 34.0. The monoisotopic (exact) mass is 514 g/mol. The van der Waals surface area contributed by atoms with Crippen LogP contribution in [0.5, 0.6) is 0 Å². The topological polar surface area (TPSA) is 105 Å². The second-order valence-electron chi connectivity index (χ2n) is 9.62. The van der Waals surface area contributed by atoms with Crippen LogP contribution in [0.1, 0.15) is 59.9 Å². The lowest BCUT2D eigenvalue weighted by Gasteiger charge is -2.31. The van der Waals surface area contributed by atoms with Gasteiger partial charge in [0.2, 0.25) is 27.6 Å². The van der Waals surface area contributed by atoms with Crippen LogP contribution in [-0.2, 0) is 14.8 Å². The molecule has 3 heterocycles. The number of carbonyl (C=O) groups is 1. The first-order valence-electron chi connectivity index (χ1n) is 12.0. The van der Waals surface area contributed by atoms with Gasteiger partial charge in [-0.25, -0.2) is 8.42 Å². The second-order valence-corrected chi connectivity index (χ2v) is 12.8. The van der Waals surface area contributed by atoms with Gasteiger partial charge < -0.3 is 9.84 Å². The molecule has 1 aliphatic heterocycles. The van der Waals surface area contributed by atoms with Gasteiger partial charge in [-0.2, -0.15) is 9.29 Å². The van der Waals surface area contributed by atoms with Gasteiger partial charge in [0.05, 0.1) is 15.7 Å². The highest BCUT2D eigenvalue weighted by atomic mass is 32.2. The number of nitrogens with zero attached hydrogens (tertiary/aromatic N) is 3. The molecule has 0 unspecified atom stereocenters. The zero-order valence-corrected chi connectivity index (χ0v) is 21.8. The Kier molecular flexibility index (Phi) is 6.54. The number of sulfonamides is 1. The highest BCUT2D eigenvalue weighted by molar-refractivity contribution is 7.89. The van der Waals surface area contributed by atoms with Crippen LogP contribution in [0, 0.1) is 26.7 Å². The average molecular weight is 515 g/mol. The van der Waals surface area contributed by atoms with E-state index in [-0.39, 0.29) is 17.3 Å². The predicted octanol–water partition coefficient (Wildman–Crippen LogP) is 5.03. The van der Waals surface area contributed by atoms with E-state index < -0.39 is 15.9 Å². The second kappa shape index (κ2) is 9.48. The van der Waals surface area contributed by atoms with E-state index in [0.717, 1.165) is 29.7 Å². The number of hydrogen-bond donors (Lipinski definition) is 1. The van der Waals surface area contributed by atoms with E-state index in [1.165, 1.54) is 22.1 Å². The summed E-state index contributed by atoms with van der Waals surface area (Å²) in [6.45, 7) is 6.28. The summed E-state index contributed by atoms with van der Waals surface area (Å²) in [6.07, 6.45) is 4.57. The SMILES string of the molecule is Cc1ccc(C)c(NC(=O)[C@@H]2CCCN(S(=O)(=O)c3cc(-c4noc(C5CCC5)n4)sc3C)C2)c1. The van der Waals surface area contributed by atoms with E-state index in [4.69, 9.17) is 4.52 Å². The molecule has 35 heavy (non-hydrogen) atoms. The number of amides is 1. The van der Waals surface area contributed by atoms with Crippen LogP contribution in [0.3, 0.4) is 0 Å². The number of carbonyl (C=O) groups excluding carboxylic acids is 1. The molecule has 1 saturated carbocycles. The van der Waals surface area contributed by atoms with Crippen molar-refractivity contribution in [3.05, 3.63) is 46.2 Å². The normalized spacial score (nSPS) is 19.5. The third-order valence-corrected chi connectivity index (χ3v) is 10.2. The lowest BCUT2D eigenvalue weighted by molar-refractivity contribution is -0.120. The fourth-order valence-electron chi connectivity index (χ4n) is 4.61. The van der Waals surface area contributed by atoms with Gasteiger partial charge in [0, 0.05) is 29.6 Å². The minimum Gasteiger partial charge on any atom is -0.339 e. The van der Waals surface area contributed by atoms with Crippen molar-refractivity contribution in [1.29, 1.82) is 0 Å². The molecule has 1 saturated heterocycles. The van der Waals surface area contributed by atoms with Gasteiger partial charge in [0.15, 0.2) is 0 Å². The van der Waals surface area contributed by atoms with E-state index >= 15 is 0 Å². The standard InChI is InChI=1S/C25H30N4O4S2/c1-15-9-10-16(2)20(12-15)26-24(30)19-8-5-11-29(14-19)35(31,32)22-13-21(34-17(22)3)23-27-25(33-28-23)18-6-4-7-18/h9-10,12-13,18-19H,4-8,11,14H2,1-3H3,(H,26,30)/t19-/m1/s1. The molecule has 1 N–H and O–H groups in total. The molecular formula is C25H30N4O4S2. The van der Waals surface area contributed by atoms with Gasteiger partial charge in [0.1, 0.15) is 0 Å². The van der Waals surface area contributed by atoms with Gasteiger partial charge in [0.25, 0.3) is 0 Å². The molecule has 1 aliphatic carbocycles. The van der Waals surface area contributed by atoms with Crippen molar-refractivity contribution in [3.63, 3.8) is 0 Å². The molecule has 0 radical (unpaired) electrons. The predicted molar refractivity (Wildman–Crippen MR) is 135 cm³/mol. The number of rotatable bonds is 6. The molecule has 2 aromatic heterocycles. The fraction of sp³-hybridized carbons (Fsp3) is 0.480. The van der Waals surface area contributed by atoms with Gasteiger partial charge >= 0.3 is 0 Å². The molecule has 1 atom stereocenters. The lowest BCUT2D eigenvalue weighted by atomic mass is 9.85. The van der Waals surface area contributed by atoms with Crippen molar-refractivity contribution in [3.8, 4) is 10.7 Å². The van der Waals surface area contributed by atoms with Crippen molar-refractivity contribution < 1.29 is 17.7 Å². The first kappa shape index (κ1) is 24.1. The van der Waals surface area contributed by atoms with E-state index in [9.17, 15) is 13.2 Å². The summed E-state index contributed by atoms with van der Waals surface area (Å²) in [5, 5.41) is 7.09. The third kappa shape index (κ3) is 4.79. The quantitative estimate of drug-likeness (QED) is 0.495. The van der Waals surface area contributed by atoms with Crippen molar-refractivity contribution >= 4 is 33.0 Å². The number of aromatic nitrogens is 2. The summed E-state index contributed by atoms with van der Waals surface area (Å²) in [7, 11) is -3.76. The van der Waals surface area contributed by atoms with Crippen LogP contribution in [0.25, 0.3) is 10.7 Å². The summed E-state index contributed by atoms with van der Waals surface area (Å²) in [4.78, 5) is 19.1. The maximum atomic E-state index is 13.6. The number of piperidine rings is 1. The molecule has 0 bridgehead atoms. The Labute approximate surface area is 209 Å². The van der Waals surface area contributed by atoms with Crippen molar-refractivity contribution in [2.45, 2.75) is 63.7 Å². The van der Waals surface area contributed by atoms with E-state index in [1.54, 1.807) is 13.0 Å². The number of aryl methyl sites for hydroxylation is 3. The minimum absolute atomic E-state index is 0.142. The molecule has 0 spiro atoms. The summed E-state index contributed by atoms with van der Waals surface area (Å²) in [5.74, 6) is 0.845. The first-order valence-corrected chi connectivity index (χ1v) is 14.3. The molecule has 5 rings (SSSR count). The van der Waals surface area contributed by atoms with Gasteiger partial charge in [-0.3, -0.25) is 4.79 Å². The van der Waals surface area contributed by atoms with Crippen LogP contribution in [0.15, 0.2) is 33.7 Å². The molecule has 1 amide bonds. The molecule has 2 aliphatic rings. The molecule has 3 aromatic rings. The highest BCUT2D eigenvalue weighted by Crippen LogP contribution is 2.38. The van der Waals surface area contributed by atoms with Crippen molar-refractivity contribution in [1.82, 2.24) is 14.4 Å². The molecule has 10 heteroatoms. The molecule has 1 aromatic carbocycles. The number of nitrogens with one attached hydrogen (secondary N) is 1. The lowest BCUT2D eigenvalue weighted by Crippen LogP contribution is -2.43. The van der Waals surface area contributed by atoms with E-state index in [2.05, 4.69) is 15.5 Å². The van der Waals surface area contributed by atoms with Gasteiger partial charge in [-0.1, -0.05) is 23.7 Å². The van der Waals surface area contributed by atoms with Crippen LogP contribution in [0.4, 0.5) is 5.69 Å². The van der Waals surface area contributed by atoms with Gasteiger partial charge in [-0.05, 0) is 69.7 Å². The maximum Gasteiger partial charge on any atom is 0.244 e. The largest absolute Gasteiger partial charge is 0.339 e. The summed E-state index contributed by atoms with van der Waals surface area (Å²) >= 11 is 1.35. The Morgan fingerprint density at radius 1 is 1.14 bits per heavy atom. The summed E-state index contributed by atoms with van der Waals surface area (Å²) in [5.41, 5.74) is 2.81. The van der Waals surface area contributed by atoms with Crippen LogP contribution < -0.4 is 5.32 Å². The van der Waals surface area contributed by atoms with E-state index in [0.29, 0.717) is 46.8 Å². The van der Waals surface area contributed by atoms with Crippen LogP contribution in [0.2, 0.25) is 0 Å². The maximum absolute atomic E-state index is 13.6. The van der Waals surface area contributed by atoms with Crippen molar-refractivity contribution in [2.75, 3.05) is 18.4 Å². The number of hydrogen-bond acceptors (Lipinski definition) is 7. The minimum atomic E-state index is -3.76. The number of benzene rings is 1. The fourth-order valence-corrected chi connectivity index (χ4v) is 7.62. The Morgan fingerprint density at radius 3 is 2.69 bits per heavy atom. The van der Waals surface area contributed by atoms with Gasteiger partial charge in [-0.15, -0.1) is 11.3 Å². The zero-order chi connectivity index (χ0) is 24.7. The summed E-state index contributed by atoms with van der Waals surface area (Å²) in [6, 6.07) is 7.55. The smallest absolute Gasteiger partial charge is 0.244 e. The zero-order valence-electron chi connectivity index (χ0n) is 20.2. The van der Waals surface area contributed by atoms with Crippen LogP contribution >= 0.6 is 11.3 Å². The Morgan fingerprint density at radius 2 is 1.94 bits per heavy atom. The first-order chi connectivity index (χ1) is 16.7. The van der Waals surface area contributed by atoms with Crippen LogP contribution in [-0.4, -0.2) is 41.9 Å². The third-order valence-electron chi connectivity index (χ3n) is 7.01.